The maximum absolute atomic E-state index is 14.1. The number of hydrogen-bond acceptors (Lipinski definition) is 7. The van der Waals surface area contributed by atoms with Crippen molar-refractivity contribution in [2.24, 2.45) is 0 Å². The average molecular weight is 740 g/mol. The number of anilines is 2. The van der Waals surface area contributed by atoms with Gasteiger partial charge in [0, 0.05) is 63.7 Å². The number of carbonyl (C=O) groups excluding carboxylic acids is 1. The van der Waals surface area contributed by atoms with Crippen LogP contribution < -0.4 is 25.6 Å². The molecule has 1 fully saturated rings. The van der Waals surface area contributed by atoms with Crippen LogP contribution >= 0.6 is 0 Å². The van der Waals surface area contributed by atoms with Crippen LogP contribution in [-0.4, -0.2) is 79.2 Å². The van der Waals surface area contributed by atoms with Crippen molar-refractivity contribution in [3.8, 4) is 0 Å². The molecule has 11 heteroatoms. The Morgan fingerprint density at radius 2 is 1.45 bits per heavy atom. The first-order chi connectivity index (χ1) is 25.4. The third kappa shape index (κ3) is 8.22. The molecule has 1 aliphatic heterocycles. The molecule has 1 aromatic heterocycles. The number of morpholine rings is 1. The summed E-state index contributed by atoms with van der Waals surface area (Å²) in [6, 6.07) is 28.9. The number of amides is 1. The molecular formula is C42H47F2N3O5Si. The second-order valence-corrected chi connectivity index (χ2v) is 18.9. The average Bonchev–Trinajstić information content (AvgIpc) is 3.15. The van der Waals surface area contributed by atoms with Gasteiger partial charge >= 0.3 is 0 Å². The summed E-state index contributed by atoms with van der Waals surface area (Å²) < 4.78 is 47.0. The minimum Gasteiger partial charge on any atom is -0.440 e. The molecule has 1 saturated heterocycles. The van der Waals surface area contributed by atoms with Gasteiger partial charge in [-0.15, -0.1) is 0 Å². The van der Waals surface area contributed by atoms with E-state index in [2.05, 4.69) is 45.0 Å². The summed E-state index contributed by atoms with van der Waals surface area (Å²) in [4.78, 5) is 33.1. The van der Waals surface area contributed by atoms with E-state index < -0.39 is 20.0 Å². The van der Waals surface area contributed by atoms with Crippen molar-refractivity contribution < 1.29 is 27.2 Å². The van der Waals surface area contributed by atoms with Gasteiger partial charge < -0.3 is 28.3 Å². The molecular weight excluding hydrogens is 693 g/mol. The van der Waals surface area contributed by atoms with Crippen LogP contribution in [-0.2, 0) is 15.6 Å². The first-order valence-electron chi connectivity index (χ1n) is 18.0. The Hall–Kier alpha value is -4.84. The van der Waals surface area contributed by atoms with E-state index in [-0.39, 0.29) is 16.4 Å². The van der Waals surface area contributed by atoms with Crippen LogP contribution in [0.2, 0.25) is 5.04 Å². The van der Waals surface area contributed by atoms with Crippen LogP contribution in [0.3, 0.4) is 0 Å². The lowest BCUT2D eigenvalue weighted by atomic mass is 10.0. The highest BCUT2D eigenvalue weighted by Gasteiger charge is 2.50. The summed E-state index contributed by atoms with van der Waals surface area (Å²) in [5.41, 5.74) is 1.47. The van der Waals surface area contributed by atoms with Crippen LogP contribution in [0.25, 0.3) is 11.0 Å². The van der Waals surface area contributed by atoms with Gasteiger partial charge in [0.25, 0.3) is 14.2 Å². The van der Waals surface area contributed by atoms with Crippen LogP contribution in [0, 0.1) is 11.6 Å². The minimum atomic E-state index is -2.81. The molecule has 53 heavy (non-hydrogen) atoms. The van der Waals surface area contributed by atoms with Crippen LogP contribution in [0.1, 0.15) is 36.7 Å². The third-order valence-corrected chi connectivity index (χ3v) is 15.0. The molecule has 0 saturated carbocycles. The number of hydrogen-bond donors (Lipinski definition) is 0. The molecule has 4 aromatic carbocycles. The number of nitrogens with zero attached hydrogens (tertiary/aromatic N) is 3. The molecule has 8 nitrogen and oxygen atoms in total. The number of halogens is 2. The van der Waals surface area contributed by atoms with Gasteiger partial charge in [-0.3, -0.25) is 9.59 Å². The highest BCUT2D eigenvalue weighted by atomic mass is 28.4. The minimum absolute atomic E-state index is 0.218. The number of likely N-dealkylation sites (N-methyl/N-ethyl adjacent to an activating group) is 2. The highest BCUT2D eigenvalue weighted by Crippen LogP contribution is 2.37. The molecule has 0 unspecified atom stereocenters. The monoisotopic (exact) mass is 739 g/mol. The van der Waals surface area contributed by atoms with Crippen molar-refractivity contribution in [1.29, 1.82) is 0 Å². The predicted molar refractivity (Wildman–Crippen MR) is 209 cm³/mol. The number of fused-ring (bicyclic) bond motifs is 1. The smallest absolute Gasteiger partial charge is 0.261 e. The Bertz CT molecular complexity index is 2040. The highest BCUT2D eigenvalue weighted by molar-refractivity contribution is 6.99. The summed E-state index contributed by atoms with van der Waals surface area (Å²) in [6.45, 7) is 9.78. The molecule has 278 valence electrons. The van der Waals surface area contributed by atoms with Gasteiger partial charge in [0.05, 0.1) is 25.2 Å². The summed E-state index contributed by atoms with van der Waals surface area (Å²) in [7, 11) is 0.655. The Morgan fingerprint density at radius 1 is 0.849 bits per heavy atom. The lowest BCUT2D eigenvalue weighted by Crippen LogP contribution is -2.67. The summed E-state index contributed by atoms with van der Waals surface area (Å²) in [5.74, 6) is -1.18. The van der Waals surface area contributed by atoms with E-state index >= 15 is 0 Å². The Kier molecular flexibility index (Phi) is 11.5. The zero-order chi connectivity index (χ0) is 37.8. The number of carbonyl (C=O) groups is 1. The molecule has 5 aromatic rings. The quantitative estimate of drug-likeness (QED) is 0.141. The molecule has 0 radical (unpaired) electrons. The van der Waals surface area contributed by atoms with E-state index in [9.17, 15) is 18.4 Å². The molecule has 2 heterocycles. The summed E-state index contributed by atoms with van der Waals surface area (Å²) in [6.07, 6.45) is 0.336. The fourth-order valence-electron chi connectivity index (χ4n) is 7.16. The predicted octanol–water partition coefficient (Wildman–Crippen LogP) is 6.24. The van der Waals surface area contributed by atoms with Crippen LogP contribution in [0.5, 0.6) is 0 Å². The second kappa shape index (κ2) is 16.0. The van der Waals surface area contributed by atoms with Gasteiger partial charge in [0.15, 0.2) is 11.3 Å². The standard InChI is InChI=1S/C42H47F2N3O5Si/c1-42(2,3)53(35-12-8-6-9-13-35,36-14-10-7-11-15-36)51-23-18-46(5)41(49)31-24-30(16-17-45(4)34-27-32(43)26-33(44)28-34)40-37(25-31)38(48)29-39(52-40)47-19-21-50-22-20-47/h6-15,24-29H,16-23H2,1-5H3. The number of ether oxygens (including phenoxy) is 1. The van der Waals surface area contributed by atoms with Gasteiger partial charge in [-0.1, -0.05) is 81.4 Å². The Morgan fingerprint density at radius 3 is 2.04 bits per heavy atom. The number of rotatable bonds is 12. The van der Waals surface area contributed by atoms with Gasteiger partial charge in [0.1, 0.15) is 17.2 Å². The molecule has 0 atom stereocenters. The first-order valence-corrected chi connectivity index (χ1v) is 19.9. The van der Waals surface area contributed by atoms with Crippen molar-refractivity contribution in [1.82, 2.24) is 4.90 Å². The zero-order valence-electron chi connectivity index (χ0n) is 31.0. The maximum Gasteiger partial charge on any atom is 0.261 e. The molecule has 1 aliphatic rings. The normalized spacial score (nSPS) is 13.7. The SMILES string of the molecule is CN(CCO[Si](c1ccccc1)(c1ccccc1)C(C)(C)C)C(=O)c1cc(CCN(C)c2cc(F)cc(F)c2)c2oc(N3CCOCC3)cc(=O)c2c1. The van der Waals surface area contributed by atoms with E-state index in [1.54, 1.807) is 36.0 Å². The first kappa shape index (κ1) is 37.9. The Labute approximate surface area is 310 Å². The van der Waals surface area contributed by atoms with E-state index in [0.717, 1.165) is 16.4 Å². The van der Waals surface area contributed by atoms with Crippen molar-refractivity contribution in [3.05, 3.63) is 130 Å². The lowest BCUT2D eigenvalue weighted by molar-refractivity contribution is 0.0771. The van der Waals surface area contributed by atoms with Crippen molar-refractivity contribution in [3.63, 3.8) is 0 Å². The van der Waals surface area contributed by atoms with Crippen LogP contribution in [0.15, 0.2) is 106 Å². The molecule has 0 aliphatic carbocycles. The fourth-order valence-corrected chi connectivity index (χ4v) is 11.7. The van der Waals surface area contributed by atoms with Crippen molar-refractivity contribution in [2.45, 2.75) is 32.2 Å². The summed E-state index contributed by atoms with van der Waals surface area (Å²) in [5, 5.41) is 2.38. The van der Waals surface area contributed by atoms with Crippen molar-refractivity contribution in [2.75, 3.05) is 69.9 Å². The molecule has 0 N–H and O–H groups in total. The maximum atomic E-state index is 14.1. The van der Waals surface area contributed by atoms with E-state index in [1.807, 2.05) is 41.3 Å². The number of benzene rings is 4. The van der Waals surface area contributed by atoms with E-state index in [0.29, 0.717) is 86.1 Å². The molecule has 0 spiro atoms. The molecule has 0 bridgehead atoms. The van der Waals surface area contributed by atoms with Gasteiger partial charge in [-0.2, -0.15) is 0 Å². The van der Waals surface area contributed by atoms with Gasteiger partial charge in [0.2, 0.25) is 0 Å². The topological polar surface area (TPSA) is 75.5 Å². The van der Waals surface area contributed by atoms with Crippen molar-refractivity contribution >= 4 is 47.1 Å². The largest absolute Gasteiger partial charge is 0.440 e. The third-order valence-electron chi connectivity index (χ3n) is 9.98. The van der Waals surface area contributed by atoms with Crippen LogP contribution in [0.4, 0.5) is 20.4 Å². The zero-order valence-corrected chi connectivity index (χ0v) is 32.0. The molecule has 1 amide bonds. The van der Waals surface area contributed by atoms with E-state index in [4.69, 9.17) is 13.6 Å². The van der Waals surface area contributed by atoms with Gasteiger partial charge in [-0.25, -0.2) is 8.78 Å². The summed E-state index contributed by atoms with van der Waals surface area (Å²) >= 11 is 0. The van der Waals surface area contributed by atoms with Gasteiger partial charge in [-0.05, 0) is 51.7 Å². The Balaban J connectivity index is 1.29. The fraction of sp³-hybridized carbons (Fsp3) is 0.333. The van der Waals surface area contributed by atoms with E-state index in [1.165, 1.54) is 18.2 Å². The lowest BCUT2D eigenvalue weighted by Gasteiger charge is -2.43. The second-order valence-electron chi connectivity index (χ2n) is 14.6. The molecule has 6 rings (SSSR count).